The SMILES string of the molecule is CC(=O)N[C@H]1[C@H]([C@H](O)[C@H](O)CO)OC(F)(C(=O)O)C(F)[C@@H]1NC(=O)Nc1ccccc1OC(F)(F)F. The highest BCUT2D eigenvalue weighted by atomic mass is 19.4. The fourth-order valence-electron chi connectivity index (χ4n) is 3.39. The summed E-state index contributed by atoms with van der Waals surface area (Å²) in [7, 11) is 0. The molecular weight excluding hydrogens is 509 g/mol. The quantitative estimate of drug-likeness (QED) is 0.223. The molecule has 1 aliphatic rings. The number of ether oxygens (including phenoxy) is 2. The topological polar surface area (TPSA) is 187 Å². The van der Waals surface area contributed by atoms with Crippen LogP contribution in [-0.4, -0.2) is 93.7 Å². The van der Waals surface area contributed by atoms with Crippen LogP contribution in [0.3, 0.4) is 0 Å². The molecule has 17 heteroatoms. The molecule has 1 aliphatic heterocycles. The third-order valence-electron chi connectivity index (χ3n) is 4.96. The van der Waals surface area contributed by atoms with Gasteiger partial charge in [-0.25, -0.2) is 14.0 Å². The molecule has 36 heavy (non-hydrogen) atoms. The average molecular weight is 531 g/mol. The Bertz CT molecular complexity index is 969. The minimum Gasteiger partial charge on any atom is -0.477 e. The first-order chi connectivity index (χ1) is 16.6. The highest BCUT2D eigenvalue weighted by Crippen LogP contribution is 2.36. The van der Waals surface area contributed by atoms with Gasteiger partial charge in [-0.05, 0) is 12.1 Å². The fourth-order valence-corrected chi connectivity index (χ4v) is 3.39. The molecule has 0 aromatic heterocycles. The molecule has 2 rings (SSSR count). The first kappa shape index (κ1) is 29.0. The van der Waals surface area contributed by atoms with Crippen molar-refractivity contribution in [2.45, 2.75) is 55.7 Å². The number of carboxylic acids is 1. The van der Waals surface area contributed by atoms with Gasteiger partial charge in [0.25, 0.3) is 0 Å². The number of aliphatic hydroxyl groups is 3. The van der Waals surface area contributed by atoms with E-state index >= 15 is 8.78 Å². The van der Waals surface area contributed by atoms with Crippen LogP contribution in [0.5, 0.6) is 5.75 Å². The molecule has 3 amide bonds. The van der Waals surface area contributed by atoms with E-state index in [2.05, 4.69) is 9.47 Å². The van der Waals surface area contributed by atoms with Crippen LogP contribution in [0.4, 0.5) is 32.4 Å². The number of hydrogen-bond donors (Lipinski definition) is 7. The van der Waals surface area contributed by atoms with Crippen LogP contribution in [0.15, 0.2) is 24.3 Å². The van der Waals surface area contributed by atoms with Gasteiger partial charge in [0.2, 0.25) is 5.91 Å². The summed E-state index contributed by atoms with van der Waals surface area (Å²) in [6, 6.07) is -1.64. The van der Waals surface area contributed by atoms with Crippen molar-refractivity contribution in [3.05, 3.63) is 24.3 Å². The minimum absolute atomic E-state index is 0.581. The number of para-hydroxylation sites is 2. The van der Waals surface area contributed by atoms with Crippen molar-refractivity contribution in [3.63, 3.8) is 0 Å². The number of aliphatic carboxylic acids is 1. The van der Waals surface area contributed by atoms with Crippen LogP contribution in [0, 0.1) is 0 Å². The molecular formula is C19H22F5N3O9. The summed E-state index contributed by atoms with van der Waals surface area (Å²) in [6.45, 7) is -0.261. The number of benzene rings is 1. The van der Waals surface area contributed by atoms with E-state index in [4.69, 9.17) is 5.11 Å². The first-order valence-electron chi connectivity index (χ1n) is 10.0. The number of nitrogens with one attached hydrogen (secondary N) is 3. The lowest BCUT2D eigenvalue weighted by molar-refractivity contribution is -0.277. The number of carbonyl (C=O) groups is 3. The summed E-state index contributed by atoms with van der Waals surface area (Å²) >= 11 is 0. The van der Waals surface area contributed by atoms with Gasteiger partial charge in [0.05, 0.1) is 24.4 Å². The van der Waals surface area contributed by atoms with Gasteiger partial charge in [-0.3, -0.25) is 4.79 Å². The lowest BCUT2D eigenvalue weighted by atomic mass is 9.86. The van der Waals surface area contributed by atoms with Crippen LogP contribution in [0.25, 0.3) is 0 Å². The highest BCUT2D eigenvalue weighted by Gasteiger charge is 2.63. The second-order valence-corrected chi connectivity index (χ2v) is 7.57. The number of hydrogen-bond acceptors (Lipinski definition) is 8. The molecule has 7 N–H and O–H groups in total. The van der Waals surface area contributed by atoms with Gasteiger partial charge in [-0.1, -0.05) is 12.1 Å². The molecule has 1 saturated heterocycles. The van der Waals surface area contributed by atoms with Crippen molar-refractivity contribution in [2.24, 2.45) is 0 Å². The fraction of sp³-hybridized carbons (Fsp3) is 0.526. The van der Waals surface area contributed by atoms with Crippen molar-refractivity contribution in [1.82, 2.24) is 10.6 Å². The summed E-state index contributed by atoms with van der Waals surface area (Å²) in [5, 5.41) is 43.9. The molecule has 0 saturated carbocycles. The number of carbonyl (C=O) groups excluding carboxylic acids is 2. The van der Waals surface area contributed by atoms with Gasteiger partial charge in [0, 0.05) is 6.92 Å². The zero-order chi connectivity index (χ0) is 27.4. The molecule has 2 unspecified atom stereocenters. The van der Waals surface area contributed by atoms with E-state index in [-0.39, 0.29) is 0 Å². The van der Waals surface area contributed by atoms with Crippen molar-refractivity contribution in [3.8, 4) is 5.75 Å². The number of amides is 3. The van der Waals surface area contributed by atoms with E-state index in [1.165, 1.54) is 6.07 Å². The molecule has 1 aromatic rings. The predicted molar refractivity (Wildman–Crippen MR) is 107 cm³/mol. The van der Waals surface area contributed by atoms with E-state index < -0.39 is 84.7 Å². The van der Waals surface area contributed by atoms with Crippen molar-refractivity contribution in [1.29, 1.82) is 0 Å². The lowest BCUT2D eigenvalue weighted by Crippen LogP contribution is -2.74. The molecule has 0 aliphatic carbocycles. The number of halogens is 5. The molecule has 0 radical (unpaired) electrons. The Balaban J connectivity index is 2.42. The van der Waals surface area contributed by atoms with E-state index in [0.29, 0.717) is 0 Å². The largest absolute Gasteiger partial charge is 0.573 e. The Labute approximate surface area is 199 Å². The zero-order valence-corrected chi connectivity index (χ0v) is 18.2. The third kappa shape index (κ3) is 6.68. The second-order valence-electron chi connectivity index (χ2n) is 7.57. The number of urea groups is 1. The summed E-state index contributed by atoms with van der Waals surface area (Å²) in [5.74, 6) is -8.61. The molecule has 0 spiro atoms. The van der Waals surface area contributed by atoms with Gasteiger partial charge in [0.1, 0.15) is 18.3 Å². The number of rotatable bonds is 8. The first-order valence-corrected chi connectivity index (χ1v) is 10.0. The zero-order valence-electron chi connectivity index (χ0n) is 18.2. The van der Waals surface area contributed by atoms with Gasteiger partial charge >= 0.3 is 24.2 Å². The van der Waals surface area contributed by atoms with E-state index in [0.717, 1.165) is 25.1 Å². The van der Waals surface area contributed by atoms with E-state index in [1.807, 2.05) is 10.6 Å². The number of carboxylic acid groups (broad SMARTS) is 1. The summed E-state index contributed by atoms with van der Waals surface area (Å²) in [4.78, 5) is 35.6. The maximum Gasteiger partial charge on any atom is 0.573 e. The smallest absolute Gasteiger partial charge is 0.477 e. The van der Waals surface area contributed by atoms with Crippen LogP contribution < -0.4 is 20.7 Å². The molecule has 1 aromatic carbocycles. The second kappa shape index (κ2) is 11.2. The molecule has 7 atom stereocenters. The summed E-state index contributed by atoms with van der Waals surface area (Å²) < 4.78 is 76.4. The molecule has 1 heterocycles. The summed E-state index contributed by atoms with van der Waals surface area (Å²) in [5.41, 5.74) is -0.581. The molecule has 202 valence electrons. The molecule has 12 nitrogen and oxygen atoms in total. The van der Waals surface area contributed by atoms with Gasteiger partial charge in [-0.15, -0.1) is 13.2 Å². The van der Waals surface area contributed by atoms with Crippen LogP contribution in [0.1, 0.15) is 6.92 Å². The van der Waals surface area contributed by atoms with Crippen molar-refractivity contribution in [2.75, 3.05) is 11.9 Å². The Morgan fingerprint density at radius 1 is 1.17 bits per heavy atom. The third-order valence-corrected chi connectivity index (χ3v) is 4.96. The van der Waals surface area contributed by atoms with E-state index in [9.17, 15) is 42.9 Å². The Kier molecular flexibility index (Phi) is 9.00. The van der Waals surface area contributed by atoms with Gasteiger partial charge < -0.3 is 45.9 Å². The van der Waals surface area contributed by atoms with Crippen LogP contribution >= 0.6 is 0 Å². The Hall–Kier alpha value is -3.28. The molecule has 0 bridgehead atoms. The monoisotopic (exact) mass is 531 g/mol. The Morgan fingerprint density at radius 3 is 2.31 bits per heavy atom. The maximum absolute atomic E-state index is 15.1. The molecule has 1 fully saturated rings. The van der Waals surface area contributed by atoms with Crippen LogP contribution in [0.2, 0.25) is 0 Å². The number of alkyl halides is 5. The Morgan fingerprint density at radius 2 is 1.78 bits per heavy atom. The van der Waals surface area contributed by atoms with Gasteiger partial charge in [0.15, 0.2) is 11.9 Å². The lowest BCUT2D eigenvalue weighted by Gasteiger charge is -2.47. The summed E-state index contributed by atoms with van der Waals surface area (Å²) in [6.07, 6.45) is -15.0. The minimum atomic E-state index is -5.15. The maximum atomic E-state index is 15.1. The number of anilines is 1. The normalized spacial score (nSPS) is 27.9. The van der Waals surface area contributed by atoms with Crippen LogP contribution in [-0.2, 0) is 14.3 Å². The van der Waals surface area contributed by atoms with Crippen molar-refractivity contribution < 1.29 is 66.2 Å². The predicted octanol–water partition coefficient (Wildman–Crippen LogP) is -0.219. The van der Waals surface area contributed by atoms with E-state index in [1.54, 1.807) is 5.32 Å². The number of aliphatic hydroxyl groups excluding tert-OH is 3. The highest BCUT2D eigenvalue weighted by molar-refractivity contribution is 5.91. The van der Waals surface area contributed by atoms with Gasteiger partial charge in [-0.2, -0.15) is 4.39 Å². The average Bonchev–Trinajstić information content (AvgIpc) is 2.77. The standard InChI is InChI=1S/C19H22F5N3O9/c1-7(29)25-11-12(15(20)18(21,16(32)33)36-14(11)13(31)9(30)6-28)27-17(34)26-8-4-2-3-5-10(8)35-19(22,23)24/h2-5,9,11-15,28,30-31H,6H2,1H3,(H,25,29)(H,32,33)(H2,26,27,34)/t9-,11-,12-,13-,14-,15?,18?/m1/s1. The van der Waals surface area contributed by atoms with Crippen molar-refractivity contribution >= 4 is 23.6 Å².